The average Bonchev–Trinajstić information content (AvgIpc) is 2.97. The third-order valence-electron chi connectivity index (χ3n) is 8.81. The second-order valence-electron chi connectivity index (χ2n) is 15.5. The number of hydrogen-bond donors (Lipinski definition) is 0. The first kappa shape index (κ1) is 34.6. The summed E-state index contributed by atoms with van der Waals surface area (Å²) in [5.41, 5.74) is 4.91. The van der Waals surface area contributed by atoms with Crippen molar-refractivity contribution in [3.63, 3.8) is 0 Å². The van der Waals surface area contributed by atoms with Gasteiger partial charge in [-0.15, -0.1) is 11.5 Å². The third-order valence-corrected chi connectivity index (χ3v) is 18.7. The van der Waals surface area contributed by atoms with E-state index in [2.05, 4.69) is 124 Å². The normalized spacial score (nSPS) is 22.9. The summed E-state index contributed by atoms with van der Waals surface area (Å²) in [7, 11) is -5.18. The Labute approximate surface area is 235 Å². The van der Waals surface area contributed by atoms with E-state index in [1.807, 2.05) is 0 Å². The lowest BCUT2D eigenvalue weighted by Gasteiger charge is -2.40. The lowest BCUT2D eigenvalue weighted by atomic mass is 9.89. The summed E-state index contributed by atoms with van der Waals surface area (Å²) in [6.45, 7) is 37.3. The molecule has 214 valence electrons. The molecule has 0 aromatic heterocycles. The highest BCUT2D eigenvalue weighted by atomic mass is 28.4. The Morgan fingerprint density at radius 2 is 1.51 bits per heavy atom. The van der Waals surface area contributed by atoms with Crippen molar-refractivity contribution in [2.45, 2.75) is 155 Å². The first-order chi connectivity index (χ1) is 16.6. The van der Waals surface area contributed by atoms with Crippen LogP contribution in [0.4, 0.5) is 0 Å². The first-order valence-corrected chi connectivity index (χ1v) is 24.1. The summed E-state index contributed by atoms with van der Waals surface area (Å²) in [6, 6.07) is 0. The van der Waals surface area contributed by atoms with Crippen LogP contribution in [0.25, 0.3) is 0 Å². The van der Waals surface area contributed by atoms with Gasteiger partial charge in [-0.3, -0.25) is 0 Å². The van der Waals surface area contributed by atoms with Crippen molar-refractivity contribution < 1.29 is 8.85 Å². The largest absolute Gasteiger partial charge is 0.413 e. The van der Waals surface area contributed by atoms with Crippen LogP contribution in [0.15, 0.2) is 24.3 Å². The van der Waals surface area contributed by atoms with Gasteiger partial charge in [0, 0.05) is 12.3 Å². The van der Waals surface area contributed by atoms with E-state index in [-0.39, 0.29) is 22.3 Å². The SMILES string of the molecule is C=C1C[C@@H](O[Si](C)(C)C(C)(C)C)[C@H](/C=C/[C@H](CCCCC)O[Si](C)(C)C(C)(C)C)[C@H]1CC#C[Si](C)(C)C. The summed E-state index contributed by atoms with van der Waals surface area (Å²) in [4.78, 5) is 0. The Balaban J connectivity index is 3.35. The van der Waals surface area contributed by atoms with Crippen LogP contribution in [-0.4, -0.2) is 36.9 Å². The molecule has 0 bridgehead atoms. The van der Waals surface area contributed by atoms with Gasteiger partial charge in [0.15, 0.2) is 16.6 Å². The van der Waals surface area contributed by atoms with Crippen LogP contribution in [0, 0.1) is 23.3 Å². The summed E-state index contributed by atoms with van der Waals surface area (Å²) < 4.78 is 14.0. The molecule has 1 rings (SSSR count). The third kappa shape index (κ3) is 11.0. The van der Waals surface area contributed by atoms with Crippen molar-refractivity contribution in [1.29, 1.82) is 0 Å². The van der Waals surface area contributed by atoms with Gasteiger partial charge in [-0.25, -0.2) is 0 Å². The highest BCUT2D eigenvalue weighted by molar-refractivity contribution is 6.83. The minimum atomic E-state index is -1.91. The first-order valence-electron chi connectivity index (χ1n) is 14.8. The molecule has 0 spiro atoms. The molecule has 2 nitrogen and oxygen atoms in total. The number of hydrogen-bond acceptors (Lipinski definition) is 2. The fourth-order valence-corrected chi connectivity index (χ4v) is 7.60. The van der Waals surface area contributed by atoms with Gasteiger partial charge in [0.2, 0.25) is 0 Å². The molecular weight excluding hydrogens is 501 g/mol. The molecule has 5 heteroatoms. The predicted molar refractivity (Wildman–Crippen MR) is 174 cm³/mol. The molecule has 37 heavy (non-hydrogen) atoms. The highest BCUT2D eigenvalue weighted by Crippen LogP contribution is 2.46. The van der Waals surface area contributed by atoms with E-state index < -0.39 is 24.7 Å². The minimum Gasteiger partial charge on any atom is -0.413 e. The molecule has 0 aliphatic heterocycles. The van der Waals surface area contributed by atoms with Crippen molar-refractivity contribution in [3.05, 3.63) is 24.3 Å². The van der Waals surface area contributed by atoms with E-state index in [1.54, 1.807) is 0 Å². The minimum absolute atomic E-state index is 0.170. The predicted octanol–water partition coefficient (Wildman–Crippen LogP) is 10.4. The maximum Gasteiger partial charge on any atom is 0.192 e. The molecule has 0 heterocycles. The quantitative estimate of drug-likeness (QED) is 0.108. The standard InChI is InChI=1S/C32H62O2Si3/c1-16-17-18-20-27(33-36(12,13)31(3,4)5)22-23-29-28(21-19-24-35(9,10)11)26(2)25-30(29)34-37(14,15)32(6,7)8/h22-23,27-30H,2,16-18,20-21,25H2,1,3-15H3/b23-22+/t27-,28-,29+,30+/m0/s1. The molecule has 1 aliphatic rings. The van der Waals surface area contributed by atoms with Crippen LogP contribution < -0.4 is 0 Å². The van der Waals surface area contributed by atoms with Gasteiger partial charge in [0.05, 0.1) is 12.2 Å². The zero-order chi connectivity index (χ0) is 28.9. The second-order valence-corrected chi connectivity index (χ2v) is 29.8. The topological polar surface area (TPSA) is 18.5 Å². The molecule has 0 aromatic carbocycles. The molecule has 4 atom stereocenters. The van der Waals surface area contributed by atoms with Crippen LogP contribution >= 0.6 is 0 Å². The molecular formula is C32H62O2Si3. The zero-order valence-electron chi connectivity index (χ0n) is 27.2. The van der Waals surface area contributed by atoms with Gasteiger partial charge in [-0.2, -0.15) is 0 Å². The Bertz CT molecular complexity index is 825. The maximum atomic E-state index is 7.06. The summed E-state index contributed by atoms with van der Waals surface area (Å²) >= 11 is 0. The van der Waals surface area contributed by atoms with Gasteiger partial charge in [0.1, 0.15) is 8.07 Å². The Morgan fingerprint density at radius 1 is 0.946 bits per heavy atom. The van der Waals surface area contributed by atoms with Gasteiger partial charge in [-0.05, 0) is 55.0 Å². The van der Waals surface area contributed by atoms with Crippen molar-refractivity contribution in [2.75, 3.05) is 0 Å². The van der Waals surface area contributed by atoms with Gasteiger partial charge in [-0.1, -0.05) is 112 Å². The average molecular weight is 563 g/mol. The van der Waals surface area contributed by atoms with E-state index in [1.165, 1.54) is 24.8 Å². The van der Waals surface area contributed by atoms with E-state index >= 15 is 0 Å². The van der Waals surface area contributed by atoms with Crippen molar-refractivity contribution in [3.8, 4) is 11.5 Å². The van der Waals surface area contributed by atoms with Gasteiger partial charge < -0.3 is 8.85 Å². The number of unbranched alkanes of at least 4 members (excludes halogenated alkanes) is 2. The molecule has 1 aliphatic carbocycles. The molecule has 0 unspecified atom stereocenters. The summed E-state index contributed by atoms with van der Waals surface area (Å²) in [6.07, 6.45) is 11.9. The highest BCUT2D eigenvalue weighted by Gasteiger charge is 2.45. The van der Waals surface area contributed by atoms with Gasteiger partial charge >= 0.3 is 0 Å². The molecule has 0 N–H and O–H groups in total. The van der Waals surface area contributed by atoms with Crippen LogP contribution in [0.3, 0.4) is 0 Å². The summed E-state index contributed by atoms with van der Waals surface area (Å²) in [5.74, 6) is 4.25. The van der Waals surface area contributed by atoms with Crippen LogP contribution in [-0.2, 0) is 8.85 Å². The van der Waals surface area contributed by atoms with E-state index in [0.29, 0.717) is 11.8 Å². The Kier molecular flexibility index (Phi) is 12.5. The molecule has 0 saturated heterocycles. The van der Waals surface area contributed by atoms with Crippen LogP contribution in [0.2, 0.25) is 55.9 Å². The van der Waals surface area contributed by atoms with Crippen LogP contribution in [0.1, 0.15) is 87.0 Å². The fraction of sp³-hybridized carbons (Fsp3) is 0.812. The van der Waals surface area contributed by atoms with Crippen molar-refractivity contribution in [2.24, 2.45) is 11.8 Å². The molecule has 0 aromatic rings. The fourth-order valence-electron chi connectivity index (χ4n) is 4.31. The molecule has 1 fully saturated rings. The van der Waals surface area contributed by atoms with Crippen molar-refractivity contribution >= 4 is 24.7 Å². The maximum absolute atomic E-state index is 7.06. The van der Waals surface area contributed by atoms with E-state index in [9.17, 15) is 0 Å². The van der Waals surface area contributed by atoms with Crippen LogP contribution in [0.5, 0.6) is 0 Å². The van der Waals surface area contributed by atoms with Gasteiger partial charge in [0.25, 0.3) is 0 Å². The molecule has 1 saturated carbocycles. The second kappa shape index (κ2) is 13.3. The summed E-state index contributed by atoms with van der Waals surface area (Å²) in [5, 5.41) is 0.390. The Hall–Kier alpha value is -0.389. The van der Waals surface area contributed by atoms with E-state index in [0.717, 1.165) is 19.3 Å². The lowest BCUT2D eigenvalue weighted by Crippen LogP contribution is -2.45. The monoisotopic (exact) mass is 562 g/mol. The number of rotatable bonds is 11. The Morgan fingerprint density at radius 3 is 2.00 bits per heavy atom. The molecule has 0 amide bonds. The smallest absolute Gasteiger partial charge is 0.192 e. The van der Waals surface area contributed by atoms with Crippen molar-refractivity contribution in [1.82, 2.24) is 0 Å². The lowest BCUT2D eigenvalue weighted by molar-refractivity contribution is 0.148. The van der Waals surface area contributed by atoms with E-state index in [4.69, 9.17) is 8.85 Å². The molecule has 0 radical (unpaired) electrons. The zero-order valence-corrected chi connectivity index (χ0v) is 30.2.